The molecule has 0 heterocycles. The summed E-state index contributed by atoms with van der Waals surface area (Å²) in [7, 11) is -6.55. The summed E-state index contributed by atoms with van der Waals surface area (Å²) >= 11 is 0. The van der Waals surface area contributed by atoms with Crippen molar-refractivity contribution in [2.45, 2.75) is 63.7 Å². The highest BCUT2D eigenvalue weighted by molar-refractivity contribution is 6.88. The third-order valence-corrected chi connectivity index (χ3v) is 16.3. The topological polar surface area (TPSA) is 110 Å². The summed E-state index contributed by atoms with van der Waals surface area (Å²) in [6.45, 7) is 11.7. The van der Waals surface area contributed by atoms with Gasteiger partial charge in [0, 0.05) is 0 Å². The molecule has 0 radical (unpaired) electrons. The highest BCUT2D eigenvalue weighted by Crippen LogP contribution is 2.28. The lowest BCUT2D eigenvalue weighted by molar-refractivity contribution is 0.268. The van der Waals surface area contributed by atoms with Crippen molar-refractivity contribution < 1.29 is 22.6 Å². The largest absolute Gasteiger partial charge is 0.437 e. The highest BCUT2D eigenvalue weighted by Gasteiger charge is 2.41. The van der Waals surface area contributed by atoms with Gasteiger partial charge in [-0.2, -0.15) is 5.26 Å². The Kier molecular flexibility index (Phi) is 12.2. The minimum Gasteiger partial charge on any atom is -0.437 e. The third kappa shape index (κ3) is 13.4. The van der Waals surface area contributed by atoms with Gasteiger partial charge in [-0.1, -0.05) is 0 Å². The number of nitrogens with zero attached hydrogens (tertiary/aromatic N) is 3. The fourth-order valence-corrected chi connectivity index (χ4v) is 17.7. The second-order valence-electron chi connectivity index (χ2n) is 7.66. The van der Waals surface area contributed by atoms with Gasteiger partial charge in [0.1, 0.15) is 6.61 Å². The molecule has 0 saturated heterocycles. The Morgan fingerprint density at radius 2 is 1.48 bits per heavy atom. The summed E-state index contributed by atoms with van der Waals surface area (Å²) in [5.74, 6) is 0. The fourth-order valence-electron chi connectivity index (χ4n) is 3.09. The van der Waals surface area contributed by atoms with Crippen LogP contribution in [0.25, 0.3) is 0 Å². The molecule has 0 aliphatic carbocycles. The number of nitriles is 1. The van der Waals surface area contributed by atoms with Crippen molar-refractivity contribution >= 4 is 37.4 Å². The predicted molar refractivity (Wildman–Crippen MR) is 110 cm³/mol. The molecule has 0 aliphatic rings. The van der Waals surface area contributed by atoms with E-state index in [-0.39, 0.29) is 0 Å². The summed E-state index contributed by atoms with van der Waals surface area (Å²) in [6, 6.07) is 2.39. The van der Waals surface area contributed by atoms with Crippen molar-refractivity contribution in [2.24, 2.45) is 9.98 Å². The zero-order valence-corrected chi connectivity index (χ0v) is 20.0. The Balaban J connectivity index is 4.92. The van der Waals surface area contributed by atoms with Gasteiger partial charge in [0.2, 0.25) is 12.2 Å². The van der Waals surface area contributed by atoms with Crippen LogP contribution in [-0.2, 0) is 22.6 Å². The van der Waals surface area contributed by atoms with E-state index in [1.54, 1.807) is 18.4 Å². The summed E-state index contributed by atoms with van der Waals surface area (Å²) < 4.78 is 17.8. The third-order valence-electron chi connectivity index (χ3n) is 3.96. The van der Waals surface area contributed by atoms with Gasteiger partial charge in [0.05, 0.1) is 13.1 Å². The Morgan fingerprint density at radius 1 is 0.852 bits per heavy atom. The maximum atomic E-state index is 10.4. The lowest BCUT2D eigenvalue weighted by Crippen LogP contribution is -2.53. The van der Waals surface area contributed by atoms with Crippen molar-refractivity contribution in [3.8, 4) is 6.26 Å². The van der Waals surface area contributed by atoms with E-state index in [1.165, 1.54) is 0 Å². The maximum Gasteiger partial charge on any atom is 0.311 e. The van der Waals surface area contributed by atoms with E-state index in [9.17, 15) is 9.59 Å². The van der Waals surface area contributed by atoms with E-state index in [0.717, 1.165) is 24.9 Å². The molecule has 1 atom stereocenters. The SMILES string of the molecule is C[Si](C)(CCCOC#N)O[Si](C)(C)O[Si](C)(CCCN=C=O)CCN=C=O. The Hall–Kier alpha value is -1.38. The normalized spacial score (nSPS) is 13.6. The van der Waals surface area contributed by atoms with E-state index >= 15 is 0 Å². The second-order valence-corrected chi connectivity index (χ2v) is 20.0. The number of hydrogen-bond acceptors (Lipinski definition) is 8. The average molecular weight is 430 g/mol. The van der Waals surface area contributed by atoms with Gasteiger partial charge in [0.25, 0.3) is 6.26 Å². The van der Waals surface area contributed by atoms with Crippen LogP contribution in [0.5, 0.6) is 0 Å². The van der Waals surface area contributed by atoms with Crippen molar-refractivity contribution in [2.75, 3.05) is 19.7 Å². The molecule has 8 nitrogen and oxygen atoms in total. The van der Waals surface area contributed by atoms with E-state index in [1.807, 2.05) is 13.1 Å². The van der Waals surface area contributed by atoms with Crippen LogP contribution in [0, 0.1) is 11.5 Å². The first kappa shape index (κ1) is 25.6. The van der Waals surface area contributed by atoms with E-state index < -0.39 is 25.2 Å². The van der Waals surface area contributed by atoms with Crippen molar-refractivity contribution in [3.05, 3.63) is 0 Å². The van der Waals surface area contributed by atoms with Gasteiger partial charge in [-0.25, -0.2) is 19.6 Å². The number of hydrogen-bond donors (Lipinski definition) is 0. The van der Waals surface area contributed by atoms with Gasteiger partial charge >= 0.3 is 8.56 Å². The van der Waals surface area contributed by atoms with Crippen LogP contribution >= 0.6 is 0 Å². The smallest absolute Gasteiger partial charge is 0.311 e. The predicted octanol–water partition coefficient (Wildman–Crippen LogP) is 3.45. The van der Waals surface area contributed by atoms with Crippen LogP contribution in [0.1, 0.15) is 12.8 Å². The zero-order chi connectivity index (χ0) is 20.8. The Morgan fingerprint density at radius 3 is 2.07 bits per heavy atom. The molecule has 0 spiro atoms. The molecule has 0 saturated carbocycles. The molecule has 1 unspecified atom stereocenters. The number of isocyanates is 2. The van der Waals surface area contributed by atoms with Gasteiger partial charge in [0.15, 0.2) is 16.6 Å². The first-order valence-corrected chi connectivity index (χ1v) is 17.8. The zero-order valence-electron chi connectivity index (χ0n) is 17.0. The second kappa shape index (κ2) is 12.9. The molecule has 0 aromatic carbocycles. The number of aliphatic imine (C=N–C) groups is 2. The van der Waals surface area contributed by atoms with Gasteiger partial charge in [-0.3, -0.25) is 0 Å². The minimum atomic E-state index is -2.40. The van der Waals surface area contributed by atoms with Gasteiger partial charge < -0.3 is 13.0 Å². The molecule has 0 fully saturated rings. The summed E-state index contributed by atoms with van der Waals surface area (Å²) in [6.07, 6.45) is 6.33. The minimum absolute atomic E-state index is 0.389. The number of ether oxygens (including phenoxy) is 1. The molecule has 0 bridgehead atoms. The molecule has 0 rings (SSSR count). The molecule has 27 heavy (non-hydrogen) atoms. The first-order valence-electron chi connectivity index (χ1n) is 9.08. The summed E-state index contributed by atoms with van der Waals surface area (Å²) in [5.41, 5.74) is 0. The van der Waals surface area contributed by atoms with Crippen LogP contribution in [0.4, 0.5) is 0 Å². The monoisotopic (exact) mass is 429 g/mol. The van der Waals surface area contributed by atoms with E-state index in [0.29, 0.717) is 25.7 Å². The Bertz CT molecular complexity index is 584. The molecule has 0 amide bonds. The average Bonchev–Trinajstić information content (AvgIpc) is 2.54. The number of rotatable bonds is 15. The Labute approximate surface area is 165 Å². The lowest BCUT2D eigenvalue weighted by Gasteiger charge is -2.40. The molecule has 0 aromatic rings. The quantitative estimate of drug-likeness (QED) is 0.130. The van der Waals surface area contributed by atoms with Crippen molar-refractivity contribution in [1.82, 2.24) is 0 Å². The summed E-state index contributed by atoms with van der Waals surface area (Å²) in [5, 5.41) is 8.44. The molecule has 0 aliphatic heterocycles. The van der Waals surface area contributed by atoms with E-state index in [2.05, 4.69) is 29.6 Å². The van der Waals surface area contributed by atoms with Gasteiger partial charge in [-0.15, -0.1) is 0 Å². The van der Waals surface area contributed by atoms with Crippen molar-refractivity contribution in [3.63, 3.8) is 0 Å². The van der Waals surface area contributed by atoms with Crippen LogP contribution < -0.4 is 0 Å². The molecular formula is C16H31N3O5Si3. The van der Waals surface area contributed by atoms with Crippen molar-refractivity contribution in [1.29, 1.82) is 5.26 Å². The molecule has 11 heteroatoms. The maximum absolute atomic E-state index is 10.4. The fraction of sp³-hybridized carbons (Fsp3) is 0.812. The highest BCUT2D eigenvalue weighted by atomic mass is 28.5. The molecule has 0 N–H and O–H groups in total. The van der Waals surface area contributed by atoms with Gasteiger partial charge in [-0.05, 0) is 63.7 Å². The van der Waals surface area contributed by atoms with Crippen LogP contribution in [0.3, 0.4) is 0 Å². The molecule has 152 valence electrons. The standard InChI is InChI=1S/C16H31N3O5Si3/c1-25(2,11-7-10-22-14-17)23-26(3,4)24-27(5,13-9-19-16-21)12-6-8-18-15-20/h6-13H2,1-5H3. The molecule has 0 aromatic heterocycles. The van der Waals surface area contributed by atoms with E-state index in [4.69, 9.17) is 18.2 Å². The molecular weight excluding hydrogens is 398 g/mol. The summed E-state index contributed by atoms with van der Waals surface area (Å²) in [4.78, 5) is 27.9. The number of carbonyl (C=O) groups excluding carboxylic acids is 2. The van der Waals surface area contributed by atoms with Crippen LogP contribution in [0.2, 0.25) is 50.9 Å². The van der Waals surface area contributed by atoms with Crippen LogP contribution in [0.15, 0.2) is 9.98 Å². The van der Waals surface area contributed by atoms with Crippen LogP contribution in [-0.4, -0.2) is 57.1 Å². The first-order chi connectivity index (χ1) is 12.6. The lowest BCUT2D eigenvalue weighted by atomic mass is 10.5.